The van der Waals surface area contributed by atoms with Crippen molar-refractivity contribution in [3.8, 4) is 0 Å². The summed E-state index contributed by atoms with van der Waals surface area (Å²) in [5, 5.41) is 8.73. The van der Waals surface area contributed by atoms with E-state index < -0.39 is 18.3 Å². The van der Waals surface area contributed by atoms with E-state index in [4.69, 9.17) is 10.8 Å². The molecule has 0 aliphatic heterocycles. The number of rotatable bonds is 2. The fourth-order valence-electron chi connectivity index (χ4n) is 1.08. The molecular weight excluding hydrogens is 195 g/mol. The van der Waals surface area contributed by atoms with Gasteiger partial charge in [-0.05, 0) is 5.56 Å². The minimum atomic E-state index is -4.66. The van der Waals surface area contributed by atoms with Crippen molar-refractivity contribution in [2.24, 2.45) is 5.73 Å². The van der Waals surface area contributed by atoms with Crippen LogP contribution in [0.2, 0.25) is 0 Å². The monoisotopic (exact) mass is 205 g/mol. The molecular formula is C9H10F3NO. The summed E-state index contributed by atoms with van der Waals surface area (Å²) in [6, 6.07) is 6.95. The zero-order valence-corrected chi connectivity index (χ0v) is 7.25. The highest BCUT2D eigenvalue weighted by molar-refractivity contribution is 5.26. The van der Waals surface area contributed by atoms with E-state index in [0.717, 1.165) is 0 Å². The van der Waals surface area contributed by atoms with E-state index in [-0.39, 0.29) is 5.56 Å². The van der Waals surface area contributed by atoms with Crippen LogP contribution in [0.5, 0.6) is 0 Å². The van der Waals surface area contributed by atoms with Gasteiger partial charge in [0, 0.05) is 0 Å². The van der Waals surface area contributed by atoms with Crippen LogP contribution in [-0.2, 0) is 5.54 Å². The molecule has 0 saturated carbocycles. The van der Waals surface area contributed by atoms with Crippen LogP contribution in [-0.4, -0.2) is 17.9 Å². The van der Waals surface area contributed by atoms with Crippen molar-refractivity contribution < 1.29 is 18.3 Å². The Balaban J connectivity index is 3.15. The Bertz CT molecular complexity index is 299. The first-order valence-electron chi connectivity index (χ1n) is 3.94. The highest BCUT2D eigenvalue weighted by atomic mass is 19.4. The molecule has 0 heterocycles. The minimum Gasteiger partial charge on any atom is -0.394 e. The lowest BCUT2D eigenvalue weighted by molar-refractivity contribution is -0.199. The third-order valence-corrected chi connectivity index (χ3v) is 2.04. The molecule has 3 N–H and O–H groups in total. The van der Waals surface area contributed by atoms with Gasteiger partial charge in [0.1, 0.15) is 0 Å². The van der Waals surface area contributed by atoms with E-state index in [1.807, 2.05) is 0 Å². The largest absolute Gasteiger partial charge is 0.412 e. The Morgan fingerprint density at radius 1 is 1.14 bits per heavy atom. The molecule has 0 unspecified atom stereocenters. The van der Waals surface area contributed by atoms with Gasteiger partial charge in [-0.25, -0.2) is 0 Å². The van der Waals surface area contributed by atoms with Gasteiger partial charge in [-0.15, -0.1) is 0 Å². The van der Waals surface area contributed by atoms with Gasteiger partial charge in [0.2, 0.25) is 0 Å². The van der Waals surface area contributed by atoms with Crippen LogP contribution in [0.25, 0.3) is 0 Å². The van der Waals surface area contributed by atoms with Crippen molar-refractivity contribution in [2.45, 2.75) is 11.7 Å². The van der Waals surface area contributed by atoms with Crippen molar-refractivity contribution in [1.82, 2.24) is 0 Å². The fraction of sp³-hybridized carbons (Fsp3) is 0.333. The molecule has 0 spiro atoms. The summed E-state index contributed by atoms with van der Waals surface area (Å²) in [6.45, 7) is -1.17. The van der Waals surface area contributed by atoms with E-state index >= 15 is 0 Å². The summed E-state index contributed by atoms with van der Waals surface area (Å²) in [5.41, 5.74) is 2.30. The Hall–Kier alpha value is -1.07. The van der Waals surface area contributed by atoms with E-state index in [9.17, 15) is 13.2 Å². The van der Waals surface area contributed by atoms with Crippen molar-refractivity contribution in [3.05, 3.63) is 35.9 Å². The predicted molar refractivity (Wildman–Crippen MR) is 45.4 cm³/mol. The van der Waals surface area contributed by atoms with E-state index in [2.05, 4.69) is 0 Å². The number of hydrogen-bond donors (Lipinski definition) is 2. The second-order valence-corrected chi connectivity index (χ2v) is 2.99. The topological polar surface area (TPSA) is 46.2 Å². The van der Waals surface area contributed by atoms with Crippen molar-refractivity contribution in [1.29, 1.82) is 0 Å². The molecule has 1 aromatic rings. The quantitative estimate of drug-likeness (QED) is 0.766. The number of benzene rings is 1. The third-order valence-electron chi connectivity index (χ3n) is 2.04. The SMILES string of the molecule is N[C@@](CO)(c1ccccc1)C(F)(F)F. The maximum Gasteiger partial charge on any atom is 0.412 e. The summed E-state index contributed by atoms with van der Waals surface area (Å²) in [5.74, 6) is 0. The molecule has 0 aliphatic carbocycles. The van der Waals surface area contributed by atoms with Crippen molar-refractivity contribution in [2.75, 3.05) is 6.61 Å². The Labute approximate surface area is 79.2 Å². The Kier molecular flexibility index (Phi) is 2.82. The van der Waals surface area contributed by atoms with Gasteiger partial charge in [-0.3, -0.25) is 0 Å². The number of halogens is 3. The lowest BCUT2D eigenvalue weighted by Crippen LogP contribution is -2.53. The van der Waals surface area contributed by atoms with Crippen LogP contribution in [0.4, 0.5) is 13.2 Å². The second-order valence-electron chi connectivity index (χ2n) is 2.99. The summed E-state index contributed by atoms with van der Waals surface area (Å²) in [7, 11) is 0. The van der Waals surface area contributed by atoms with Gasteiger partial charge in [-0.1, -0.05) is 30.3 Å². The highest BCUT2D eigenvalue weighted by Crippen LogP contribution is 2.36. The summed E-state index contributed by atoms with van der Waals surface area (Å²) >= 11 is 0. The number of hydrogen-bond acceptors (Lipinski definition) is 2. The van der Waals surface area contributed by atoms with Crippen molar-refractivity contribution in [3.63, 3.8) is 0 Å². The zero-order chi connectivity index (χ0) is 10.8. The molecule has 0 amide bonds. The summed E-state index contributed by atoms with van der Waals surface area (Å²) < 4.78 is 37.5. The van der Waals surface area contributed by atoms with Crippen LogP contribution in [0.1, 0.15) is 5.56 Å². The third kappa shape index (κ3) is 1.73. The molecule has 78 valence electrons. The zero-order valence-electron chi connectivity index (χ0n) is 7.25. The number of alkyl halides is 3. The molecule has 2 nitrogen and oxygen atoms in total. The van der Waals surface area contributed by atoms with Gasteiger partial charge in [0.25, 0.3) is 0 Å². The minimum absolute atomic E-state index is 0.144. The molecule has 0 saturated heterocycles. The molecule has 0 aliphatic rings. The first-order chi connectivity index (χ1) is 6.42. The lowest BCUT2D eigenvalue weighted by atomic mass is 9.91. The van der Waals surface area contributed by atoms with Crippen LogP contribution in [0.3, 0.4) is 0 Å². The Morgan fingerprint density at radius 2 is 1.64 bits per heavy atom. The maximum atomic E-state index is 12.5. The Morgan fingerprint density at radius 3 is 2.00 bits per heavy atom. The van der Waals surface area contributed by atoms with Crippen LogP contribution >= 0.6 is 0 Å². The van der Waals surface area contributed by atoms with Gasteiger partial charge in [-0.2, -0.15) is 13.2 Å². The number of aliphatic hydroxyl groups excluding tert-OH is 1. The second kappa shape index (κ2) is 3.59. The predicted octanol–water partition coefficient (Wildman–Crippen LogP) is 1.40. The number of nitrogens with two attached hydrogens (primary N) is 1. The van der Waals surface area contributed by atoms with Crippen LogP contribution in [0, 0.1) is 0 Å². The summed E-state index contributed by atoms with van der Waals surface area (Å²) in [4.78, 5) is 0. The van der Waals surface area contributed by atoms with E-state index in [0.29, 0.717) is 0 Å². The van der Waals surface area contributed by atoms with Crippen LogP contribution < -0.4 is 5.73 Å². The standard InChI is InChI=1S/C9H10F3NO/c10-9(11,12)8(13,6-14)7-4-2-1-3-5-7/h1-5,14H,6,13H2/t8-/m0/s1. The molecule has 0 fully saturated rings. The molecule has 1 aromatic carbocycles. The highest BCUT2D eigenvalue weighted by Gasteiger charge is 2.52. The van der Waals surface area contributed by atoms with Gasteiger partial charge in [0.05, 0.1) is 6.61 Å². The normalized spacial score (nSPS) is 16.4. The first kappa shape index (κ1) is 11.0. The van der Waals surface area contributed by atoms with Crippen LogP contribution in [0.15, 0.2) is 30.3 Å². The molecule has 0 aromatic heterocycles. The number of aliphatic hydroxyl groups is 1. The van der Waals surface area contributed by atoms with Gasteiger partial charge in [0.15, 0.2) is 5.54 Å². The summed E-state index contributed by atoms with van der Waals surface area (Å²) in [6.07, 6.45) is -4.66. The molecule has 1 rings (SSSR count). The fourth-order valence-corrected chi connectivity index (χ4v) is 1.08. The average molecular weight is 205 g/mol. The molecule has 5 heteroatoms. The molecule has 0 bridgehead atoms. The average Bonchev–Trinajstić information content (AvgIpc) is 2.16. The molecule has 14 heavy (non-hydrogen) atoms. The smallest absolute Gasteiger partial charge is 0.394 e. The van der Waals surface area contributed by atoms with Gasteiger partial charge < -0.3 is 10.8 Å². The van der Waals surface area contributed by atoms with E-state index in [1.54, 1.807) is 6.07 Å². The maximum absolute atomic E-state index is 12.5. The van der Waals surface area contributed by atoms with Gasteiger partial charge >= 0.3 is 6.18 Å². The van der Waals surface area contributed by atoms with E-state index in [1.165, 1.54) is 24.3 Å². The molecule has 0 radical (unpaired) electrons. The molecule has 1 atom stereocenters. The van der Waals surface area contributed by atoms with Crippen molar-refractivity contribution >= 4 is 0 Å². The first-order valence-corrected chi connectivity index (χ1v) is 3.94. The lowest BCUT2D eigenvalue weighted by Gasteiger charge is -2.30.